The Bertz CT molecular complexity index is 1000. The van der Waals surface area contributed by atoms with E-state index in [1.165, 1.54) is 45.4 Å². The minimum absolute atomic E-state index is 0.958. The van der Waals surface area contributed by atoms with Crippen LogP contribution in [-0.2, 0) is 0 Å². The van der Waals surface area contributed by atoms with E-state index in [2.05, 4.69) is 79.4 Å². The first-order valence-corrected chi connectivity index (χ1v) is 10.6. The topological polar surface area (TPSA) is 26.0 Å². The molecule has 2 aliphatic rings. The second-order valence-corrected chi connectivity index (χ2v) is 7.95. The average Bonchev–Trinajstić information content (AvgIpc) is 2.75. The van der Waals surface area contributed by atoms with E-state index >= 15 is 0 Å². The van der Waals surface area contributed by atoms with E-state index in [0.29, 0.717) is 0 Å². The van der Waals surface area contributed by atoms with Crippen LogP contribution in [0.25, 0.3) is 12.2 Å². The molecule has 146 valence electrons. The smallest absolute Gasteiger partial charge is 0.0379 e. The van der Waals surface area contributed by atoms with Gasteiger partial charge in [0, 0.05) is 5.70 Å². The average molecular weight is 380 g/mol. The van der Waals surface area contributed by atoms with E-state index in [1.54, 1.807) is 0 Å². The van der Waals surface area contributed by atoms with Gasteiger partial charge in [-0.25, -0.2) is 0 Å². The number of hydrogen-bond acceptors (Lipinski definition) is 1. The summed E-state index contributed by atoms with van der Waals surface area (Å²) < 4.78 is 0. The quantitative estimate of drug-likeness (QED) is 0.598. The van der Waals surface area contributed by atoms with Gasteiger partial charge in [0.05, 0.1) is 0 Å². The monoisotopic (exact) mass is 379 g/mol. The number of benzene rings is 2. The van der Waals surface area contributed by atoms with Gasteiger partial charge in [0.15, 0.2) is 0 Å². The van der Waals surface area contributed by atoms with Crippen LogP contribution in [-0.4, -0.2) is 0 Å². The highest BCUT2D eigenvalue weighted by atomic mass is 14.6. The Kier molecular flexibility index (Phi) is 5.95. The normalized spacial score (nSPS) is 21.9. The highest BCUT2D eigenvalue weighted by Crippen LogP contribution is 2.36. The molecule has 0 saturated heterocycles. The van der Waals surface area contributed by atoms with Gasteiger partial charge in [-0.2, -0.15) is 0 Å². The van der Waals surface area contributed by atoms with Crippen LogP contribution in [0.15, 0.2) is 107 Å². The van der Waals surface area contributed by atoms with Crippen molar-refractivity contribution in [3.8, 4) is 0 Å². The van der Waals surface area contributed by atoms with Crippen molar-refractivity contribution in [2.75, 3.05) is 0 Å². The van der Waals surface area contributed by atoms with Gasteiger partial charge in [-0.1, -0.05) is 79.4 Å². The Labute approximate surface area is 174 Å². The van der Waals surface area contributed by atoms with Gasteiger partial charge in [0.1, 0.15) is 0 Å². The van der Waals surface area contributed by atoms with Crippen molar-refractivity contribution in [2.24, 2.45) is 5.73 Å². The molecular formula is C28H29N. The van der Waals surface area contributed by atoms with Gasteiger partial charge in [-0.05, 0) is 83.6 Å². The van der Waals surface area contributed by atoms with Crippen molar-refractivity contribution in [3.05, 3.63) is 118 Å². The van der Waals surface area contributed by atoms with Crippen molar-refractivity contribution >= 4 is 12.2 Å². The number of allylic oxidation sites excluding steroid dienone is 6. The first-order valence-electron chi connectivity index (χ1n) is 10.6. The molecule has 4 rings (SSSR count). The van der Waals surface area contributed by atoms with Gasteiger partial charge in [-0.3, -0.25) is 0 Å². The van der Waals surface area contributed by atoms with Crippen molar-refractivity contribution in [3.63, 3.8) is 0 Å². The summed E-state index contributed by atoms with van der Waals surface area (Å²) in [5.41, 5.74) is 16.4. The highest BCUT2D eigenvalue weighted by Gasteiger charge is 2.18. The predicted molar refractivity (Wildman–Crippen MR) is 125 cm³/mol. The molecule has 0 heterocycles. The van der Waals surface area contributed by atoms with Crippen molar-refractivity contribution in [2.45, 2.75) is 38.5 Å². The third-order valence-electron chi connectivity index (χ3n) is 5.88. The summed E-state index contributed by atoms with van der Waals surface area (Å²) in [5, 5.41) is 0. The third-order valence-corrected chi connectivity index (χ3v) is 5.88. The minimum atomic E-state index is 0.958. The lowest BCUT2D eigenvalue weighted by Crippen LogP contribution is -2.11. The molecule has 1 heteroatoms. The lowest BCUT2D eigenvalue weighted by atomic mass is 9.82. The predicted octanol–water partition coefficient (Wildman–Crippen LogP) is 7.22. The van der Waals surface area contributed by atoms with Gasteiger partial charge in [0.25, 0.3) is 0 Å². The molecule has 0 spiro atoms. The summed E-state index contributed by atoms with van der Waals surface area (Å²) in [7, 11) is 0. The van der Waals surface area contributed by atoms with Crippen molar-refractivity contribution in [1.29, 1.82) is 0 Å². The molecule has 0 amide bonds. The van der Waals surface area contributed by atoms with E-state index < -0.39 is 0 Å². The van der Waals surface area contributed by atoms with Crippen LogP contribution in [0.1, 0.15) is 49.7 Å². The van der Waals surface area contributed by atoms with Crippen molar-refractivity contribution < 1.29 is 0 Å². The summed E-state index contributed by atoms with van der Waals surface area (Å²) in [6.45, 7) is 4.44. The van der Waals surface area contributed by atoms with Gasteiger partial charge in [-0.15, -0.1) is 0 Å². The molecule has 2 aromatic carbocycles. The maximum atomic E-state index is 6.61. The van der Waals surface area contributed by atoms with E-state index in [4.69, 9.17) is 5.73 Å². The van der Waals surface area contributed by atoms with Crippen LogP contribution in [0.3, 0.4) is 0 Å². The molecule has 0 bridgehead atoms. The molecular weight excluding hydrogens is 350 g/mol. The van der Waals surface area contributed by atoms with Gasteiger partial charge in [0.2, 0.25) is 0 Å². The molecule has 1 saturated carbocycles. The Balaban J connectivity index is 1.62. The summed E-state index contributed by atoms with van der Waals surface area (Å²) in [6, 6.07) is 21.0. The lowest BCUT2D eigenvalue weighted by Gasteiger charge is -2.24. The third kappa shape index (κ3) is 4.68. The number of rotatable bonds is 3. The standard InChI is InChI=1S/C28H29N/c1-21-24(18-22-10-4-2-5-11-22)14-8-15-25(21)20-27-17-9-16-26(28(27)29)19-23-12-6-3-7-13-23/h2-7,10-13,18-20H,1,8-9,14-17,29H2/b24-18+,25-20-,26-19+. The molecule has 2 aliphatic carbocycles. The van der Waals surface area contributed by atoms with Crippen LogP contribution < -0.4 is 5.73 Å². The fraction of sp³-hybridized carbons (Fsp3) is 0.214. The summed E-state index contributed by atoms with van der Waals surface area (Å²) in [5.74, 6) is 0. The molecule has 2 aromatic rings. The molecule has 0 aliphatic heterocycles. The summed E-state index contributed by atoms with van der Waals surface area (Å²) >= 11 is 0. The zero-order chi connectivity index (χ0) is 20.1. The van der Waals surface area contributed by atoms with Gasteiger partial charge < -0.3 is 5.73 Å². The van der Waals surface area contributed by atoms with Crippen LogP contribution in [0.5, 0.6) is 0 Å². The highest BCUT2D eigenvalue weighted by molar-refractivity contribution is 5.65. The second kappa shape index (κ2) is 8.96. The SMILES string of the molecule is C=C1/C(=C\C2=C(N)C(=C/c3ccccc3)/CCC2)CCC/C1=C\c1ccccc1. The molecule has 0 aromatic heterocycles. The van der Waals surface area contributed by atoms with Crippen LogP contribution >= 0.6 is 0 Å². The zero-order valence-corrected chi connectivity index (χ0v) is 17.0. The first-order chi connectivity index (χ1) is 14.2. The van der Waals surface area contributed by atoms with Crippen LogP contribution in [0.4, 0.5) is 0 Å². The Hall–Kier alpha value is -3.06. The molecule has 0 atom stereocenters. The Morgan fingerprint density at radius 3 is 1.72 bits per heavy atom. The largest absolute Gasteiger partial charge is 0.398 e. The molecule has 2 N–H and O–H groups in total. The fourth-order valence-corrected chi connectivity index (χ4v) is 4.25. The maximum absolute atomic E-state index is 6.61. The number of nitrogens with two attached hydrogens (primary N) is 1. The lowest BCUT2D eigenvalue weighted by molar-refractivity contribution is 0.758. The molecule has 0 radical (unpaired) electrons. The number of hydrogen-bond donors (Lipinski definition) is 1. The van der Waals surface area contributed by atoms with E-state index in [1.807, 2.05) is 6.07 Å². The molecule has 29 heavy (non-hydrogen) atoms. The summed E-state index contributed by atoms with van der Waals surface area (Å²) in [4.78, 5) is 0. The van der Waals surface area contributed by atoms with Crippen LogP contribution in [0, 0.1) is 0 Å². The van der Waals surface area contributed by atoms with E-state index in [-0.39, 0.29) is 0 Å². The molecule has 0 unspecified atom stereocenters. The first kappa shape index (κ1) is 19.3. The maximum Gasteiger partial charge on any atom is 0.0379 e. The molecule has 1 fully saturated rings. The fourth-order valence-electron chi connectivity index (χ4n) is 4.25. The Morgan fingerprint density at radius 1 is 0.621 bits per heavy atom. The molecule has 1 nitrogen and oxygen atoms in total. The zero-order valence-electron chi connectivity index (χ0n) is 17.0. The second-order valence-electron chi connectivity index (χ2n) is 7.95. The van der Waals surface area contributed by atoms with Gasteiger partial charge >= 0.3 is 0 Å². The summed E-state index contributed by atoms with van der Waals surface area (Å²) in [6.07, 6.45) is 13.4. The van der Waals surface area contributed by atoms with E-state index in [9.17, 15) is 0 Å². The Morgan fingerprint density at radius 2 is 1.10 bits per heavy atom. The van der Waals surface area contributed by atoms with E-state index in [0.717, 1.165) is 37.8 Å². The van der Waals surface area contributed by atoms with Crippen molar-refractivity contribution in [1.82, 2.24) is 0 Å². The minimum Gasteiger partial charge on any atom is -0.398 e. The van der Waals surface area contributed by atoms with Crippen LogP contribution in [0.2, 0.25) is 0 Å².